The van der Waals surface area contributed by atoms with Crippen LogP contribution in [-0.2, 0) is 51.2 Å². The second-order valence-electron chi connectivity index (χ2n) is 17.8. The van der Waals surface area contributed by atoms with Crippen molar-refractivity contribution in [1.82, 2.24) is 57.8 Å². The predicted octanol–water partition coefficient (Wildman–Crippen LogP) is -3.04. The number of hydrogen-bond donors (Lipinski definition) is 16. The number of primary amides is 1. The molecule has 0 saturated heterocycles. The van der Waals surface area contributed by atoms with Crippen molar-refractivity contribution in [3.8, 4) is 5.75 Å². The number of imidazole rings is 1. The number of aromatic hydroxyl groups is 1. The Balaban J connectivity index is 2.44. The van der Waals surface area contributed by atoms with Gasteiger partial charge in [0.2, 0.25) is 47.3 Å². The summed E-state index contributed by atoms with van der Waals surface area (Å²) >= 11 is 1.53. The number of benzene rings is 1. The molecule has 2 rings (SSSR count). The summed E-state index contributed by atoms with van der Waals surface area (Å²) in [5, 5.41) is 51.9. The van der Waals surface area contributed by atoms with Crippen LogP contribution >= 0.6 is 11.8 Å². The van der Waals surface area contributed by atoms with Crippen molar-refractivity contribution >= 4 is 65.0 Å². The van der Waals surface area contributed by atoms with Gasteiger partial charge in [-0.2, -0.15) is 11.8 Å². The summed E-state index contributed by atoms with van der Waals surface area (Å²) in [6.45, 7) is 6.68. The summed E-state index contributed by atoms with van der Waals surface area (Å²) in [5.74, 6) is -6.09. The van der Waals surface area contributed by atoms with Crippen molar-refractivity contribution in [3.05, 3.63) is 48.0 Å². The van der Waals surface area contributed by atoms with Crippen molar-refractivity contribution < 1.29 is 48.6 Å². The number of guanidine groups is 1. The third-order valence-corrected chi connectivity index (χ3v) is 11.9. The Morgan fingerprint density at radius 3 is 1.79 bits per heavy atom. The van der Waals surface area contributed by atoms with Gasteiger partial charge in [0.05, 0.1) is 24.2 Å². The fraction of sp³-hybridized carbons (Fsp3) is 0.609. The molecule has 0 unspecified atom stereocenters. The quantitative estimate of drug-likeness (QED) is 0.0188. The molecule has 402 valence electrons. The number of likely N-dealkylation sites (N-methyl/N-ethyl adjacent to an activating group) is 1. The van der Waals surface area contributed by atoms with Gasteiger partial charge in [0, 0.05) is 25.6 Å². The van der Waals surface area contributed by atoms with Crippen LogP contribution < -0.4 is 65.1 Å². The molecule has 26 heteroatoms. The molecule has 1 heterocycles. The van der Waals surface area contributed by atoms with E-state index in [1.165, 1.54) is 62.4 Å². The maximum Gasteiger partial charge on any atom is 0.245 e. The molecule has 0 aliphatic carbocycles. The number of nitrogens with two attached hydrogens (primary N) is 3. The zero-order valence-electron chi connectivity index (χ0n) is 42.0. The van der Waals surface area contributed by atoms with Crippen LogP contribution in [0.15, 0.2) is 36.8 Å². The Morgan fingerprint density at radius 1 is 0.694 bits per heavy atom. The van der Waals surface area contributed by atoms with E-state index in [2.05, 4.69) is 57.8 Å². The van der Waals surface area contributed by atoms with Crippen LogP contribution in [0.5, 0.6) is 5.75 Å². The van der Waals surface area contributed by atoms with E-state index in [4.69, 9.17) is 22.6 Å². The van der Waals surface area contributed by atoms with Crippen molar-refractivity contribution in [2.24, 2.45) is 23.1 Å². The number of rotatable bonds is 34. The second kappa shape index (κ2) is 32.5. The van der Waals surface area contributed by atoms with E-state index in [1.54, 1.807) is 7.05 Å². The SMILES string of the molecule is CN[C@@H](CCSC)C(=O)N[C@H](C(=O)N[C@@H](C)C(=O)N[C@@H](CCCCN)C(=O)N[C@@H](Cc1ccc(O)cc1)C(=O)N[C@@H](CCCNC(=N)N)C(=O)N[C@@H](CC(C)C)C(=O)N[C@@H](Cc1c[nH]cn1)C(N)=O)[C@@H](C)O. The van der Waals surface area contributed by atoms with Gasteiger partial charge in [-0.1, -0.05) is 26.0 Å². The lowest BCUT2D eigenvalue weighted by molar-refractivity contribution is -0.136. The number of aromatic nitrogens is 2. The lowest BCUT2D eigenvalue weighted by Crippen LogP contribution is -2.61. The number of carbonyl (C=O) groups is 8. The van der Waals surface area contributed by atoms with Crippen LogP contribution in [0.1, 0.15) is 83.9 Å². The molecule has 2 aromatic rings. The standard InChI is InChI=1S/C46H77N15O10S/c1-25(2)20-35(43(69)58-34(38(48)64)22-29-23-52-24-54-29)59-42(68)33(11-9-18-53-46(49)50)57-44(70)36(21-28-12-14-30(63)15-13-28)60-41(67)32(10-7-8-17-47)56-39(65)26(3)55-45(71)37(27(4)62)61-40(66)31(51-5)16-19-72-6/h12-15,23-27,31-37,51,62-63H,7-11,16-22,47H2,1-6H3,(H2,48,64)(H,52,54)(H,55,71)(H,56,65)(H,57,70)(H,58,69)(H,59,68)(H,60,67)(H,61,66)(H4,49,50,53)/t26-,27+,31-,32-,33-,34-,35-,36-,37-/m0/s1. The Hall–Kier alpha value is -6.51. The van der Waals surface area contributed by atoms with E-state index < -0.39 is 102 Å². The molecule has 9 atom stereocenters. The monoisotopic (exact) mass is 1030 g/mol. The van der Waals surface area contributed by atoms with E-state index in [0.29, 0.717) is 36.3 Å². The van der Waals surface area contributed by atoms with Crippen LogP contribution in [0.3, 0.4) is 0 Å². The van der Waals surface area contributed by atoms with Gasteiger partial charge >= 0.3 is 0 Å². The molecule has 0 aliphatic heterocycles. The van der Waals surface area contributed by atoms with E-state index in [1.807, 2.05) is 20.1 Å². The number of aromatic amines is 1. The molecular weight excluding hydrogens is 955 g/mol. The number of amides is 8. The Kier molecular flexibility index (Phi) is 27.8. The molecule has 1 aromatic carbocycles. The smallest absolute Gasteiger partial charge is 0.245 e. The molecule has 72 heavy (non-hydrogen) atoms. The number of aliphatic hydroxyl groups excluding tert-OH is 1. The summed E-state index contributed by atoms with van der Waals surface area (Å²) in [4.78, 5) is 116. The molecule has 0 fully saturated rings. The second-order valence-corrected chi connectivity index (χ2v) is 18.8. The van der Waals surface area contributed by atoms with E-state index in [-0.39, 0.29) is 69.2 Å². The van der Waals surface area contributed by atoms with Crippen LogP contribution in [0.25, 0.3) is 0 Å². The van der Waals surface area contributed by atoms with Gasteiger partial charge in [-0.15, -0.1) is 0 Å². The normalized spacial score (nSPS) is 14.9. The number of phenolic OH excluding ortho intramolecular Hbond substituents is 1. The fourth-order valence-electron chi connectivity index (χ4n) is 7.23. The highest BCUT2D eigenvalue weighted by Crippen LogP contribution is 2.14. The zero-order chi connectivity index (χ0) is 53.9. The molecule has 0 radical (unpaired) electrons. The molecule has 1 aromatic heterocycles. The average Bonchev–Trinajstić information content (AvgIpc) is 3.84. The van der Waals surface area contributed by atoms with Crippen LogP contribution in [0, 0.1) is 11.3 Å². The third-order valence-electron chi connectivity index (χ3n) is 11.3. The largest absolute Gasteiger partial charge is 0.508 e. The van der Waals surface area contributed by atoms with Crippen molar-refractivity contribution in [2.45, 2.75) is 140 Å². The van der Waals surface area contributed by atoms with Gasteiger partial charge < -0.3 is 80.2 Å². The molecule has 25 nitrogen and oxygen atoms in total. The topological polar surface area (TPSA) is 416 Å². The number of carbonyl (C=O) groups excluding carboxylic acids is 8. The maximum absolute atomic E-state index is 14.4. The third kappa shape index (κ3) is 22.7. The van der Waals surface area contributed by atoms with Crippen molar-refractivity contribution in [2.75, 3.05) is 32.1 Å². The zero-order valence-corrected chi connectivity index (χ0v) is 42.8. The number of hydrogen-bond acceptors (Lipinski definition) is 15. The molecule has 19 N–H and O–H groups in total. The van der Waals surface area contributed by atoms with E-state index >= 15 is 0 Å². The summed E-state index contributed by atoms with van der Waals surface area (Å²) < 4.78 is 0. The highest BCUT2D eigenvalue weighted by Gasteiger charge is 2.35. The van der Waals surface area contributed by atoms with Gasteiger partial charge in [0.15, 0.2) is 5.96 Å². The Morgan fingerprint density at radius 2 is 1.25 bits per heavy atom. The number of H-pyrrole nitrogens is 1. The van der Waals surface area contributed by atoms with Gasteiger partial charge in [-0.05, 0) is 108 Å². The maximum atomic E-state index is 14.4. The lowest BCUT2D eigenvalue weighted by atomic mass is 10.0. The first-order chi connectivity index (χ1) is 34.1. The van der Waals surface area contributed by atoms with E-state index in [0.717, 1.165) is 0 Å². The highest BCUT2D eigenvalue weighted by molar-refractivity contribution is 7.98. The predicted molar refractivity (Wildman–Crippen MR) is 272 cm³/mol. The van der Waals surface area contributed by atoms with Crippen molar-refractivity contribution in [3.63, 3.8) is 0 Å². The minimum absolute atomic E-state index is 0.0299. The first-order valence-corrected chi connectivity index (χ1v) is 25.3. The number of aliphatic hydroxyl groups is 1. The summed E-state index contributed by atoms with van der Waals surface area (Å²) in [7, 11) is 1.59. The molecule has 8 amide bonds. The number of nitrogens with one attached hydrogen (secondary N) is 11. The number of nitrogens with zero attached hydrogens (tertiary/aromatic N) is 1. The Labute approximate surface area is 424 Å². The number of unbranched alkanes of at least 4 members (excludes halogenated alkanes) is 1. The summed E-state index contributed by atoms with van der Waals surface area (Å²) in [5.41, 5.74) is 17.8. The number of phenols is 1. The van der Waals surface area contributed by atoms with Gasteiger partial charge in [-0.25, -0.2) is 4.98 Å². The Bertz CT molecular complexity index is 2060. The van der Waals surface area contributed by atoms with Crippen LogP contribution in [0.4, 0.5) is 0 Å². The van der Waals surface area contributed by atoms with Crippen molar-refractivity contribution in [1.29, 1.82) is 5.41 Å². The first-order valence-electron chi connectivity index (χ1n) is 23.9. The molecule has 0 spiro atoms. The number of thioether (sulfide) groups is 1. The lowest BCUT2D eigenvalue weighted by Gasteiger charge is -2.28. The van der Waals surface area contributed by atoms with Crippen LogP contribution in [-0.4, -0.2) is 160 Å². The fourth-order valence-corrected chi connectivity index (χ4v) is 7.70. The van der Waals surface area contributed by atoms with Gasteiger partial charge in [0.25, 0.3) is 0 Å². The minimum atomic E-state index is -1.43. The van der Waals surface area contributed by atoms with E-state index in [9.17, 15) is 48.6 Å². The highest BCUT2D eigenvalue weighted by atomic mass is 32.2. The molecule has 0 aliphatic rings. The van der Waals surface area contributed by atoms with Crippen LogP contribution in [0.2, 0.25) is 0 Å². The average molecular weight is 1030 g/mol. The minimum Gasteiger partial charge on any atom is -0.508 e. The molecule has 0 saturated carbocycles. The van der Waals surface area contributed by atoms with Gasteiger partial charge in [-0.3, -0.25) is 43.8 Å². The molecule has 0 bridgehead atoms. The molecular formula is C46H77N15O10S. The summed E-state index contributed by atoms with van der Waals surface area (Å²) in [6, 6.07) is -3.99. The first kappa shape index (κ1) is 61.6. The summed E-state index contributed by atoms with van der Waals surface area (Å²) in [6.07, 6.45) is 4.83. The van der Waals surface area contributed by atoms with Gasteiger partial charge in [0.1, 0.15) is 48.0 Å².